The Morgan fingerprint density at radius 2 is 1.73 bits per heavy atom. The number of anilines is 2. The molecule has 1 fully saturated rings. The van der Waals surface area contributed by atoms with Crippen molar-refractivity contribution in [3.05, 3.63) is 59.4 Å². The minimum absolute atomic E-state index is 0.123. The molecule has 2 unspecified atom stereocenters. The van der Waals surface area contributed by atoms with Crippen molar-refractivity contribution in [1.29, 1.82) is 0 Å². The molecular formula is C24H28FN3O2. The third-order valence-corrected chi connectivity index (χ3v) is 6.36. The SMILES string of the molecule is CC(=O)c1ccc(N2CCN(C(C)C(=O)N3c4ccccc4CC3C)CC2)c(F)c1. The number of ketones is 1. The highest BCUT2D eigenvalue weighted by atomic mass is 19.1. The van der Waals surface area contributed by atoms with Crippen LogP contribution in [0, 0.1) is 5.82 Å². The summed E-state index contributed by atoms with van der Waals surface area (Å²) in [6, 6.07) is 12.7. The van der Waals surface area contributed by atoms with Gasteiger partial charge in [-0.3, -0.25) is 14.5 Å². The van der Waals surface area contributed by atoms with Gasteiger partial charge in [0.15, 0.2) is 5.78 Å². The third-order valence-electron chi connectivity index (χ3n) is 6.36. The van der Waals surface area contributed by atoms with Gasteiger partial charge in [0, 0.05) is 43.5 Å². The van der Waals surface area contributed by atoms with Crippen molar-refractivity contribution in [2.75, 3.05) is 36.0 Å². The van der Waals surface area contributed by atoms with E-state index in [4.69, 9.17) is 0 Å². The average Bonchev–Trinajstić information content (AvgIpc) is 3.08. The lowest BCUT2D eigenvalue weighted by atomic mass is 10.1. The second kappa shape index (κ2) is 8.19. The lowest BCUT2D eigenvalue weighted by molar-refractivity contribution is -0.123. The minimum Gasteiger partial charge on any atom is -0.367 e. The van der Waals surface area contributed by atoms with Gasteiger partial charge in [-0.2, -0.15) is 0 Å². The minimum atomic E-state index is -0.372. The van der Waals surface area contributed by atoms with E-state index >= 15 is 0 Å². The van der Waals surface area contributed by atoms with E-state index < -0.39 is 0 Å². The Labute approximate surface area is 177 Å². The first-order chi connectivity index (χ1) is 14.4. The number of carbonyl (C=O) groups is 2. The molecule has 0 spiro atoms. The lowest BCUT2D eigenvalue weighted by Crippen LogP contribution is -2.55. The summed E-state index contributed by atoms with van der Waals surface area (Å²) in [4.78, 5) is 30.9. The highest BCUT2D eigenvalue weighted by Crippen LogP contribution is 2.33. The van der Waals surface area contributed by atoms with Crippen LogP contribution in [0.2, 0.25) is 0 Å². The molecule has 2 heterocycles. The van der Waals surface area contributed by atoms with Gasteiger partial charge in [0.2, 0.25) is 5.91 Å². The highest BCUT2D eigenvalue weighted by Gasteiger charge is 2.36. The second-order valence-corrected chi connectivity index (χ2v) is 8.31. The zero-order valence-corrected chi connectivity index (χ0v) is 17.8. The maximum Gasteiger partial charge on any atom is 0.244 e. The summed E-state index contributed by atoms with van der Waals surface area (Å²) in [5, 5.41) is 0. The van der Waals surface area contributed by atoms with Crippen LogP contribution in [-0.4, -0.2) is 54.9 Å². The maximum absolute atomic E-state index is 14.5. The van der Waals surface area contributed by atoms with Gasteiger partial charge in [0.05, 0.1) is 11.7 Å². The Balaban J connectivity index is 1.42. The summed E-state index contributed by atoms with van der Waals surface area (Å²) in [6.07, 6.45) is 0.887. The molecule has 2 aromatic carbocycles. The number of nitrogens with zero attached hydrogens (tertiary/aromatic N) is 3. The van der Waals surface area contributed by atoms with Crippen LogP contribution in [0.4, 0.5) is 15.8 Å². The number of hydrogen-bond donors (Lipinski definition) is 0. The van der Waals surface area contributed by atoms with Gasteiger partial charge < -0.3 is 9.80 Å². The largest absolute Gasteiger partial charge is 0.367 e. The van der Waals surface area contributed by atoms with Crippen molar-refractivity contribution in [1.82, 2.24) is 4.90 Å². The van der Waals surface area contributed by atoms with Crippen LogP contribution in [0.15, 0.2) is 42.5 Å². The van der Waals surface area contributed by atoms with E-state index in [0.29, 0.717) is 37.4 Å². The van der Waals surface area contributed by atoms with Crippen LogP contribution in [0.1, 0.15) is 36.7 Å². The smallest absolute Gasteiger partial charge is 0.244 e. The number of halogens is 1. The van der Waals surface area contributed by atoms with Crippen molar-refractivity contribution in [3.63, 3.8) is 0 Å². The van der Waals surface area contributed by atoms with E-state index in [9.17, 15) is 14.0 Å². The van der Waals surface area contributed by atoms with Gasteiger partial charge in [-0.1, -0.05) is 18.2 Å². The summed E-state index contributed by atoms with van der Waals surface area (Å²) in [6.45, 7) is 8.14. The Morgan fingerprint density at radius 3 is 2.40 bits per heavy atom. The predicted molar refractivity (Wildman–Crippen MR) is 117 cm³/mol. The fraction of sp³-hybridized carbons (Fsp3) is 0.417. The molecule has 0 radical (unpaired) electrons. The molecule has 2 aromatic rings. The molecule has 2 aliphatic heterocycles. The Hall–Kier alpha value is -2.73. The van der Waals surface area contributed by atoms with Crippen LogP contribution in [0.5, 0.6) is 0 Å². The Bertz CT molecular complexity index is 969. The molecule has 5 nitrogen and oxygen atoms in total. The first-order valence-corrected chi connectivity index (χ1v) is 10.6. The van der Waals surface area contributed by atoms with Gasteiger partial charge in [0.25, 0.3) is 0 Å². The molecule has 0 bridgehead atoms. The molecular weight excluding hydrogens is 381 g/mol. The average molecular weight is 410 g/mol. The van der Waals surface area contributed by atoms with E-state index in [0.717, 1.165) is 12.1 Å². The van der Waals surface area contributed by atoms with Crippen LogP contribution in [-0.2, 0) is 11.2 Å². The monoisotopic (exact) mass is 409 g/mol. The van der Waals surface area contributed by atoms with Crippen molar-refractivity contribution in [2.45, 2.75) is 39.3 Å². The number of piperazine rings is 1. The fourth-order valence-electron chi connectivity index (χ4n) is 4.59. The van der Waals surface area contributed by atoms with Crippen molar-refractivity contribution >= 4 is 23.1 Å². The second-order valence-electron chi connectivity index (χ2n) is 8.31. The molecule has 4 rings (SSSR count). The number of hydrogen-bond acceptors (Lipinski definition) is 4. The van der Waals surface area contributed by atoms with Gasteiger partial charge >= 0.3 is 0 Å². The van der Waals surface area contributed by atoms with Gasteiger partial charge in [0.1, 0.15) is 5.82 Å². The molecule has 158 valence electrons. The molecule has 2 aliphatic rings. The third kappa shape index (κ3) is 3.72. The molecule has 0 saturated carbocycles. The first-order valence-electron chi connectivity index (χ1n) is 10.6. The maximum atomic E-state index is 14.5. The van der Waals surface area contributed by atoms with Gasteiger partial charge in [-0.05, 0) is 57.0 Å². The summed E-state index contributed by atoms with van der Waals surface area (Å²) < 4.78 is 14.5. The molecule has 1 amide bonds. The number of fused-ring (bicyclic) bond motifs is 1. The summed E-state index contributed by atoms with van der Waals surface area (Å²) in [7, 11) is 0. The molecule has 0 aromatic heterocycles. The van der Waals surface area contributed by atoms with Crippen LogP contribution in [0.3, 0.4) is 0 Å². The van der Waals surface area contributed by atoms with E-state index in [-0.39, 0.29) is 29.6 Å². The highest BCUT2D eigenvalue weighted by molar-refractivity contribution is 5.99. The Morgan fingerprint density at radius 1 is 1.03 bits per heavy atom. The molecule has 6 heteroatoms. The summed E-state index contributed by atoms with van der Waals surface area (Å²) in [5.74, 6) is -0.393. The predicted octanol–water partition coefficient (Wildman–Crippen LogP) is 3.52. The number of carbonyl (C=O) groups excluding carboxylic acids is 2. The molecule has 1 saturated heterocycles. The van der Waals surface area contributed by atoms with Crippen LogP contribution in [0.25, 0.3) is 0 Å². The van der Waals surface area contributed by atoms with E-state index in [1.807, 2.05) is 34.9 Å². The summed E-state index contributed by atoms with van der Waals surface area (Å²) >= 11 is 0. The van der Waals surface area contributed by atoms with Gasteiger partial charge in [-0.15, -0.1) is 0 Å². The van der Waals surface area contributed by atoms with E-state index in [2.05, 4.69) is 17.9 Å². The fourth-order valence-corrected chi connectivity index (χ4v) is 4.59. The number of para-hydroxylation sites is 1. The van der Waals surface area contributed by atoms with Crippen LogP contribution < -0.4 is 9.80 Å². The standard InChI is InChI=1S/C24H28FN3O2/c1-16-14-20-6-4-5-7-22(20)28(16)24(30)17(2)26-10-12-27(13-11-26)23-9-8-19(18(3)29)15-21(23)25/h4-9,15-17H,10-14H2,1-3H3. The van der Waals surface area contributed by atoms with Gasteiger partial charge in [-0.25, -0.2) is 4.39 Å². The lowest BCUT2D eigenvalue weighted by Gasteiger charge is -2.40. The normalized spacial score (nSPS) is 20.2. The molecule has 30 heavy (non-hydrogen) atoms. The topological polar surface area (TPSA) is 43.9 Å². The number of benzene rings is 2. The number of rotatable bonds is 4. The van der Waals surface area contributed by atoms with E-state index in [1.54, 1.807) is 12.1 Å². The summed E-state index contributed by atoms with van der Waals surface area (Å²) in [5.41, 5.74) is 3.14. The molecule has 0 aliphatic carbocycles. The number of amides is 1. The van der Waals surface area contributed by atoms with Crippen molar-refractivity contribution in [2.24, 2.45) is 0 Å². The quantitative estimate of drug-likeness (QED) is 0.725. The van der Waals surface area contributed by atoms with Crippen molar-refractivity contribution < 1.29 is 14.0 Å². The van der Waals surface area contributed by atoms with Crippen LogP contribution >= 0.6 is 0 Å². The molecule has 2 atom stereocenters. The van der Waals surface area contributed by atoms with E-state index in [1.165, 1.54) is 18.6 Å². The number of Topliss-reactive ketones (excluding diaryl/α,β-unsaturated/α-hetero) is 1. The zero-order valence-electron chi connectivity index (χ0n) is 17.8. The first kappa shape index (κ1) is 20.5. The molecule has 0 N–H and O–H groups in total. The Kier molecular flexibility index (Phi) is 5.60. The zero-order chi connectivity index (χ0) is 21.4. The van der Waals surface area contributed by atoms with Crippen molar-refractivity contribution in [3.8, 4) is 0 Å².